The summed E-state index contributed by atoms with van der Waals surface area (Å²) in [5.41, 5.74) is 0.682. The third-order valence-corrected chi connectivity index (χ3v) is 4.69. The van der Waals surface area contributed by atoms with Gasteiger partial charge in [-0.05, 0) is 36.1 Å². The molecule has 0 heterocycles. The largest absolute Gasteiger partial charge is 0.412 e. The Bertz CT molecular complexity index is 591. The normalized spacial score (nSPS) is 21.0. The number of hydrogen-bond donors (Lipinski definition) is 1. The average Bonchev–Trinajstić information content (AvgIpc) is 2.44. The first kappa shape index (κ1) is 16.7. The van der Waals surface area contributed by atoms with E-state index in [4.69, 9.17) is 10.7 Å². The molecule has 0 radical (unpaired) electrons. The summed E-state index contributed by atoms with van der Waals surface area (Å²) in [5.74, 6) is 4.95. The van der Waals surface area contributed by atoms with E-state index in [1.165, 1.54) is 0 Å². The Labute approximate surface area is 132 Å². The molecule has 1 aliphatic rings. The molecular formula is C18H25NO3. The number of rotatable bonds is 3. The summed E-state index contributed by atoms with van der Waals surface area (Å²) >= 11 is 0. The van der Waals surface area contributed by atoms with Crippen molar-refractivity contribution in [3.8, 4) is 5.75 Å². The van der Waals surface area contributed by atoms with Crippen molar-refractivity contribution in [2.45, 2.75) is 53.4 Å². The van der Waals surface area contributed by atoms with Gasteiger partial charge in [0.15, 0.2) is 11.6 Å². The molecule has 0 aliphatic heterocycles. The molecule has 0 amide bonds. The van der Waals surface area contributed by atoms with Crippen molar-refractivity contribution in [1.29, 1.82) is 0 Å². The summed E-state index contributed by atoms with van der Waals surface area (Å²) in [5, 5.41) is 0. The van der Waals surface area contributed by atoms with Gasteiger partial charge < -0.3 is 4.84 Å². The molecule has 1 aromatic carbocycles. The van der Waals surface area contributed by atoms with Gasteiger partial charge in [0, 0.05) is 10.8 Å². The quantitative estimate of drug-likeness (QED) is 0.688. The molecule has 0 unspecified atom stereocenters. The van der Waals surface area contributed by atoms with Gasteiger partial charge in [0.1, 0.15) is 11.7 Å². The predicted molar refractivity (Wildman–Crippen MR) is 85.6 cm³/mol. The summed E-state index contributed by atoms with van der Waals surface area (Å²) in [6.45, 7) is 9.70. The van der Waals surface area contributed by atoms with E-state index in [1.54, 1.807) is 12.1 Å². The van der Waals surface area contributed by atoms with E-state index in [0.29, 0.717) is 12.2 Å². The fourth-order valence-electron chi connectivity index (χ4n) is 3.70. The van der Waals surface area contributed by atoms with Crippen LogP contribution in [0.1, 0.15) is 58.1 Å². The van der Waals surface area contributed by atoms with Crippen LogP contribution in [-0.4, -0.2) is 11.6 Å². The topological polar surface area (TPSA) is 69.4 Å². The Hall–Kier alpha value is -1.68. The third-order valence-electron chi connectivity index (χ3n) is 4.69. The van der Waals surface area contributed by atoms with Crippen molar-refractivity contribution in [3.05, 3.63) is 29.3 Å². The summed E-state index contributed by atoms with van der Waals surface area (Å²) in [7, 11) is 0. The lowest BCUT2D eigenvalue weighted by atomic mass is 9.58. The van der Waals surface area contributed by atoms with Gasteiger partial charge >= 0.3 is 0 Å². The van der Waals surface area contributed by atoms with Gasteiger partial charge in [-0.3, -0.25) is 9.59 Å². The van der Waals surface area contributed by atoms with Crippen molar-refractivity contribution in [3.63, 3.8) is 0 Å². The van der Waals surface area contributed by atoms with Crippen LogP contribution in [0.2, 0.25) is 0 Å². The Balaban J connectivity index is 2.62. The van der Waals surface area contributed by atoms with Crippen LogP contribution in [0.25, 0.3) is 0 Å². The zero-order valence-corrected chi connectivity index (χ0v) is 14.0. The monoisotopic (exact) mass is 303 g/mol. The minimum absolute atomic E-state index is 0.0132. The first-order valence-corrected chi connectivity index (χ1v) is 7.72. The highest BCUT2D eigenvalue weighted by atomic mass is 16.6. The van der Waals surface area contributed by atoms with Gasteiger partial charge in [0.2, 0.25) is 0 Å². The molecule has 1 aromatic rings. The van der Waals surface area contributed by atoms with Gasteiger partial charge in [-0.15, -0.1) is 0 Å². The Morgan fingerprint density at radius 2 is 1.68 bits per heavy atom. The van der Waals surface area contributed by atoms with E-state index in [2.05, 4.69) is 0 Å². The maximum atomic E-state index is 12.9. The fraction of sp³-hybridized carbons (Fsp3) is 0.556. The first-order valence-electron chi connectivity index (χ1n) is 7.72. The summed E-state index contributed by atoms with van der Waals surface area (Å²) in [4.78, 5) is 30.6. The lowest BCUT2D eigenvalue weighted by molar-refractivity contribution is -0.146. The molecule has 2 rings (SSSR count). The molecular weight excluding hydrogens is 278 g/mol. The van der Waals surface area contributed by atoms with Gasteiger partial charge in [-0.25, -0.2) is 0 Å². The molecule has 0 atom stereocenters. The highest BCUT2D eigenvalue weighted by Crippen LogP contribution is 2.48. The van der Waals surface area contributed by atoms with Gasteiger partial charge in [0.05, 0.1) is 0 Å². The minimum Gasteiger partial charge on any atom is -0.412 e. The van der Waals surface area contributed by atoms with Crippen LogP contribution in [0.15, 0.2) is 18.2 Å². The highest BCUT2D eigenvalue weighted by Gasteiger charge is 2.52. The molecule has 2 N–H and O–H groups in total. The van der Waals surface area contributed by atoms with Gasteiger partial charge in [0.25, 0.3) is 0 Å². The second kappa shape index (κ2) is 5.51. The number of aryl methyl sites for hydroxylation is 1. The van der Waals surface area contributed by atoms with E-state index in [0.717, 1.165) is 17.5 Å². The average molecular weight is 303 g/mol. The molecule has 4 heteroatoms. The van der Waals surface area contributed by atoms with Crippen molar-refractivity contribution >= 4 is 11.6 Å². The maximum absolute atomic E-state index is 12.9. The Morgan fingerprint density at radius 3 is 2.14 bits per heavy atom. The van der Waals surface area contributed by atoms with Crippen LogP contribution in [-0.2, 0) is 16.0 Å². The maximum Gasteiger partial charge on any atom is 0.153 e. The lowest BCUT2D eigenvalue weighted by Crippen LogP contribution is -2.48. The molecule has 0 spiro atoms. The number of carbonyl (C=O) groups is 2. The minimum atomic E-state index is -0.733. The number of ketones is 2. The Kier molecular flexibility index (Phi) is 4.18. The van der Waals surface area contributed by atoms with Crippen LogP contribution in [0.4, 0.5) is 0 Å². The SMILES string of the molecule is CCc1ccc(ON)cc1C1C(=O)C(C)(C)CC(C)(C)C1=O. The number of carbonyl (C=O) groups excluding carboxylic acids is 2. The van der Waals surface area contributed by atoms with Crippen LogP contribution in [0.3, 0.4) is 0 Å². The number of benzene rings is 1. The molecule has 4 nitrogen and oxygen atoms in total. The van der Waals surface area contributed by atoms with E-state index >= 15 is 0 Å². The molecule has 1 aliphatic carbocycles. The molecule has 1 fully saturated rings. The standard InChI is InChI=1S/C18H25NO3/c1-6-11-7-8-12(22-19)9-13(11)14-15(20)17(2,3)10-18(4,5)16(14)21/h7-9,14H,6,10,19H2,1-5H3. The van der Waals surface area contributed by atoms with Crippen LogP contribution in [0, 0.1) is 10.8 Å². The summed E-state index contributed by atoms with van der Waals surface area (Å²) in [6.07, 6.45) is 1.32. The molecule has 0 saturated heterocycles. The molecule has 0 bridgehead atoms. The van der Waals surface area contributed by atoms with Gasteiger partial charge in [-0.2, -0.15) is 5.90 Å². The highest BCUT2D eigenvalue weighted by molar-refractivity contribution is 6.14. The predicted octanol–water partition coefficient (Wildman–Crippen LogP) is 3.18. The Morgan fingerprint density at radius 1 is 1.14 bits per heavy atom. The van der Waals surface area contributed by atoms with Gasteiger partial charge in [-0.1, -0.05) is 40.7 Å². The van der Waals surface area contributed by atoms with E-state index < -0.39 is 16.7 Å². The molecule has 120 valence electrons. The van der Waals surface area contributed by atoms with Crippen LogP contribution >= 0.6 is 0 Å². The number of hydrogen-bond acceptors (Lipinski definition) is 4. The van der Waals surface area contributed by atoms with Crippen molar-refractivity contribution < 1.29 is 14.4 Å². The zero-order valence-electron chi connectivity index (χ0n) is 14.0. The molecule has 22 heavy (non-hydrogen) atoms. The number of nitrogens with two attached hydrogens (primary N) is 1. The fourth-order valence-corrected chi connectivity index (χ4v) is 3.70. The number of Topliss-reactive ketones (excluding diaryl/α,β-unsaturated/α-hetero) is 2. The second-order valence-electron chi connectivity index (χ2n) is 7.44. The smallest absolute Gasteiger partial charge is 0.153 e. The van der Waals surface area contributed by atoms with E-state index in [9.17, 15) is 9.59 Å². The van der Waals surface area contributed by atoms with Crippen molar-refractivity contribution in [1.82, 2.24) is 0 Å². The van der Waals surface area contributed by atoms with Crippen LogP contribution in [0.5, 0.6) is 5.75 Å². The summed E-state index contributed by atoms with van der Waals surface area (Å²) < 4.78 is 0. The van der Waals surface area contributed by atoms with E-state index in [1.807, 2.05) is 40.7 Å². The third kappa shape index (κ3) is 2.68. The molecule has 0 aromatic heterocycles. The lowest BCUT2D eigenvalue weighted by Gasteiger charge is -2.42. The van der Waals surface area contributed by atoms with E-state index in [-0.39, 0.29) is 11.6 Å². The van der Waals surface area contributed by atoms with Crippen molar-refractivity contribution in [2.24, 2.45) is 16.7 Å². The zero-order chi connectivity index (χ0) is 16.7. The first-order chi connectivity index (χ1) is 10.1. The second-order valence-corrected chi connectivity index (χ2v) is 7.44. The molecule has 1 saturated carbocycles. The summed E-state index contributed by atoms with van der Waals surface area (Å²) in [6, 6.07) is 5.37. The van der Waals surface area contributed by atoms with Crippen LogP contribution < -0.4 is 10.7 Å². The van der Waals surface area contributed by atoms with Crippen molar-refractivity contribution in [2.75, 3.05) is 0 Å².